The van der Waals surface area contributed by atoms with Gasteiger partial charge in [0.15, 0.2) is 0 Å². The van der Waals surface area contributed by atoms with Gasteiger partial charge in [0.1, 0.15) is 12.4 Å². The first-order valence-electron chi connectivity index (χ1n) is 8.57. The van der Waals surface area contributed by atoms with Crippen LogP contribution in [-0.2, 0) is 19.7 Å². The Morgan fingerprint density at radius 3 is 2.74 bits per heavy atom. The maximum absolute atomic E-state index is 13.0. The Morgan fingerprint density at radius 1 is 1.15 bits per heavy atom. The average molecular weight is 386 g/mol. The minimum absolute atomic E-state index is 0.0567. The van der Waals surface area contributed by atoms with Gasteiger partial charge in [0, 0.05) is 23.2 Å². The summed E-state index contributed by atoms with van der Waals surface area (Å²) in [5.41, 5.74) is 2.34. The van der Waals surface area contributed by atoms with Gasteiger partial charge in [-0.3, -0.25) is 9.48 Å². The first-order chi connectivity index (χ1) is 13.1. The van der Waals surface area contributed by atoms with E-state index in [1.54, 1.807) is 41.3 Å². The van der Waals surface area contributed by atoms with E-state index in [9.17, 15) is 9.18 Å². The van der Waals surface area contributed by atoms with Crippen molar-refractivity contribution in [3.8, 4) is 5.88 Å². The largest absolute Gasteiger partial charge is 0.472 e. The molecule has 3 aromatic rings. The number of fused-ring (bicyclic) bond motifs is 1. The van der Waals surface area contributed by atoms with Crippen molar-refractivity contribution in [1.29, 1.82) is 0 Å². The van der Waals surface area contributed by atoms with Crippen LogP contribution in [0.2, 0.25) is 5.02 Å². The third-order valence-corrected chi connectivity index (χ3v) is 4.67. The van der Waals surface area contributed by atoms with Gasteiger partial charge >= 0.3 is 0 Å². The van der Waals surface area contributed by atoms with Crippen LogP contribution in [0.4, 0.5) is 4.39 Å². The van der Waals surface area contributed by atoms with Crippen LogP contribution >= 0.6 is 11.6 Å². The van der Waals surface area contributed by atoms with Crippen LogP contribution in [0.3, 0.4) is 0 Å². The Kier molecular flexibility index (Phi) is 4.81. The number of halogens is 2. The number of benzene rings is 2. The van der Waals surface area contributed by atoms with Crippen molar-refractivity contribution >= 4 is 17.5 Å². The summed E-state index contributed by atoms with van der Waals surface area (Å²) in [6, 6.07) is 14.9. The lowest BCUT2D eigenvalue weighted by molar-refractivity contribution is 0.0706. The molecule has 4 rings (SSSR count). The van der Waals surface area contributed by atoms with Crippen LogP contribution in [0.25, 0.3) is 0 Å². The van der Waals surface area contributed by atoms with Crippen LogP contribution in [0.15, 0.2) is 54.6 Å². The fraction of sp³-hybridized carbons (Fsp3) is 0.200. The van der Waals surface area contributed by atoms with E-state index >= 15 is 0 Å². The average Bonchev–Trinajstić information content (AvgIpc) is 3.09. The van der Waals surface area contributed by atoms with Crippen LogP contribution in [0.5, 0.6) is 5.88 Å². The molecule has 1 aliphatic rings. The first-order valence-corrected chi connectivity index (χ1v) is 8.95. The van der Waals surface area contributed by atoms with Crippen molar-refractivity contribution in [3.05, 3.63) is 82.3 Å². The maximum Gasteiger partial charge on any atom is 0.254 e. The van der Waals surface area contributed by atoms with Gasteiger partial charge in [-0.2, -0.15) is 0 Å². The lowest BCUT2D eigenvalue weighted by Gasteiger charge is -2.27. The van der Waals surface area contributed by atoms with Gasteiger partial charge in [0.05, 0.1) is 18.8 Å². The SMILES string of the molecule is O=C(c1cccc(Cl)c1)N1CCn2nc(OCc3ccc(F)cc3)cc2C1. The molecule has 0 saturated heterocycles. The molecule has 0 aliphatic carbocycles. The molecule has 2 heterocycles. The molecule has 7 heteroatoms. The number of nitrogens with zero attached hydrogens (tertiary/aromatic N) is 3. The van der Waals surface area contributed by atoms with Crippen molar-refractivity contribution in [3.63, 3.8) is 0 Å². The summed E-state index contributed by atoms with van der Waals surface area (Å²) in [7, 11) is 0. The van der Waals surface area contributed by atoms with E-state index in [1.807, 2.05) is 10.7 Å². The maximum atomic E-state index is 13.0. The van der Waals surface area contributed by atoms with Gasteiger partial charge in [0.25, 0.3) is 5.91 Å². The molecule has 138 valence electrons. The van der Waals surface area contributed by atoms with Crippen molar-refractivity contribution in [1.82, 2.24) is 14.7 Å². The fourth-order valence-electron chi connectivity index (χ4n) is 3.03. The fourth-order valence-corrected chi connectivity index (χ4v) is 3.22. The molecule has 1 aliphatic heterocycles. The molecule has 0 radical (unpaired) electrons. The second kappa shape index (κ2) is 7.40. The molecule has 0 unspecified atom stereocenters. The Morgan fingerprint density at radius 2 is 1.96 bits per heavy atom. The van der Waals surface area contributed by atoms with Crippen LogP contribution in [0, 0.1) is 5.82 Å². The number of hydrogen-bond acceptors (Lipinski definition) is 3. The quantitative estimate of drug-likeness (QED) is 0.684. The monoisotopic (exact) mass is 385 g/mol. The highest BCUT2D eigenvalue weighted by atomic mass is 35.5. The number of carbonyl (C=O) groups is 1. The molecule has 0 N–H and O–H groups in total. The molecule has 1 amide bonds. The number of carbonyl (C=O) groups excluding carboxylic acids is 1. The predicted molar refractivity (Wildman–Crippen MR) is 99.2 cm³/mol. The van der Waals surface area contributed by atoms with Crippen molar-refractivity contribution < 1.29 is 13.9 Å². The molecular weight excluding hydrogens is 369 g/mol. The Bertz CT molecular complexity index is 972. The van der Waals surface area contributed by atoms with Gasteiger partial charge in [-0.15, -0.1) is 5.10 Å². The lowest BCUT2D eigenvalue weighted by atomic mass is 10.2. The van der Waals surface area contributed by atoms with Crippen LogP contribution in [-0.4, -0.2) is 27.1 Å². The lowest BCUT2D eigenvalue weighted by Crippen LogP contribution is -2.38. The number of amides is 1. The van der Waals surface area contributed by atoms with Gasteiger partial charge in [0.2, 0.25) is 5.88 Å². The number of ether oxygens (including phenoxy) is 1. The van der Waals surface area contributed by atoms with Gasteiger partial charge in [-0.05, 0) is 35.9 Å². The first kappa shape index (κ1) is 17.5. The van der Waals surface area contributed by atoms with Gasteiger partial charge < -0.3 is 9.64 Å². The number of aromatic nitrogens is 2. The third-order valence-electron chi connectivity index (χ3n) is 4.43. The zero-order valence-corrected chi connectivity index (χ0v) is 15.2. The molecule has 0 atom stereocenters. The van der Waals surface area contributed by atoms with E-state index in [0.717, 1.165) is 11.3 Å². The van der Waals surface area contributed by atoms with E-state index < -0.39 is 0 Å². The summed E-state index contributed by atoms with van der Waals surface area (Å²) < 4.78 is 20.5. The molecule has 27 heavy (non-hydrogen) atoms. The number of hydrogen-bond donors (Lipinski definition) is 0. The highest BCUT2D eigenvalue weighted by Crippen LogP contribution is 2.21. The van der Waals surface area contributed by atoms with Crippen molar-refractivity contribution in [2.24, 2.45) is 0 Å². The van der Waals surface area contributed by atoms with Gasteiger partial charge in [-0.1, -0.05) is 29.8 Å². The van der Waals surface area contributed by atoms with E-state index in [-0.39, 0.29) is 11.7 Å². The summed E-state index contributed by atoms with van der Waals surface area (Å²) in [5, 5.41) is 4.97. The minimum atomic E-state index is -0.277. The zero-order chi connectivity index (χ0) is 18.8. The molecule has 0 spiro atoms. The molecule has 0 saturated carbocycles. The highest BCUT2D eigenvalue weighted by Gasteiger charge is 2.23. The second-order valence-corrected chi connectivity index (χ2v) is 6.79. The van der Waals surface area contributed by atoms with Crippen LogP contribution < -0.4 is 4.74 Å². The smallest absolute Gasteiger partial charge is 0.254 e. The molecule has 5 nitrogen and oxygen atoms in total. The standard InChI is InChI=1S/C20H17ClFN3O2/c21-16-3-1-2-15(10-16)20(26)24-8-9-25-18(12-24)11-19(23-25)27-13-14-4-6-17(22)7-5-14/h1-7,10-11H,8-9,12-13H2. The Balaban J connectivity index is 1.42. The Labute approximate surface area is 160 Å². The summed E-state index contributed by atoms with van der Waals surface area (Å²) in [6.07, 6.45) is 0. The van der Waals surface area contributed by atoms with E-state index in [4.69, 9.17) is 16.3 Å². The normalized spacial score (nSPS) is 13.3. The summed E-state index contributed by atoms with van der Waals surface area (Å²) in [5.74, 6) is 0.158. The molecule has 2 aromatic carbocycles. The summed E-state index contributed by atoms with van der Waals surface area (Å²) in [6.45, 7) is 1.93. The molecule has 0 fully saturated rings. The van der Waals surface area contributed by atoms with Crippen molar-refractivity contribution in [2.45, 2.75) is 19.7 Å². The summed E-state index contributed by atoms with van der Waals surface area (Å²) >= 11 is 5.98. The molecule has 1 aromatic heterocycles. The molecular formula is C20H17ClFN3O2. The van der Waals surface area contributed by atoms with Gasteiger partial charge in [-0.25, -0.2) is 4.39 Å². The zero-order valence-electron chi connectivity index (χ0n) is 14.4. The molecule has 0 bridgehead atoms. The van der Waals surface area contributed by atoms with E-state index in [2.05, 4.69) is 5.10 Å². The minimum Gasteiger partial charge on any atom is -0.472 e. The third kappa shape index (κ3) is 3.95. The van der Waals surface area contributed by atoms with Crippen LogP contribution in [0.1, 0.15) is 21.6 Å². The van der Waals surface area contributed by atoms with E-state index in [0.29, 0.717) is 42.7 Å². The predicted octanol–water partition coefficient (Wildman–Crippen LogP) is 3.91. The summed E-state index contributed by atoms with van der Waals surface area (Å²) in [4.78, 5) is 14.5. The highest BCUT2D eigenvalue weighted by molar-refractivity contribution is 6.30. The number of rotatable bonds is 4. The van der Waals surface area contributed by atoms with Crippen molar-refractivity contribution in [2.75, 3.05) is 6.54 Å². The van der Waals surface area contributed by atoms with E-state index in [1.165, 1.54) is 12.1 Å². The second-order valence-electron chi connectivity index (χ2n) is 6.35. The Hall–Kier alpha value is -2.86. The topological polar surface area (TPSA) is 47.4 Å².